The normalized spacial score (nSPS) is 12.0. The molecule has 0 spiro atoms. The van der Waals surface area contributed by atoms with E-state index in [-0.39, 0.29) is 0 Å². The van der Waals surface area contributed by atoms with Crippen LogP contribution in [0.5, 0.6) is 11.5 Å². The highest BCUT2D eigenvalue weighted by molar-refractivity contribution is 5.42. The van der Waals surface area contributed by atoms with Crippen molar-refractivity contribution < 1.29 is 9.47 Å². The minimum Gasteiger partial charge on any atom is -0.493 e. The highest BCUT2D eigenvalue weighted by Crippen LogP contribution is 2.27. The molecule has 3 heteroatoms. The van der Waals surface area contributed by atoms with Crippen LogP contribution in [0.1, 0.15) is 24.5 Å². The van der Waals surface area contributed by atoms with Gasteiger partial charge in [-0.05, 0) is 43.0 Å². The van der Waals surface area contributed by atoms with Crippen LogP contribution in [0.3, 0.4) is 0 Å². The summed E-state index contributed by atoms with van der Waals surface area (Å²) >= 11 is 0. The zero-order valence-corrected chi connectivity index (χ0v) is 13.6. The maximum absolute atomic E-state index is 5.34. The lowest BCUT2D eigenvalue weighted by Gasteiger charge is -2.15. The lowest BCUT2D eigenvalue weighted by atomic mass is 10.1. The predicted octanol–water partition coefficient (Wildman–Crippen LogP) is 3.81. The Kier molecular flexibility index (Phi) is 6.28. The Bertz CT molecular complexity index is 569. The maximum atomic E-state index is 5.34. The molecule has 0 radical (unpaired) electrons. The summed E-state index contributed by atoms with van der Waals surface area (Å²) in [4.78, 5) is 0. The van der Waals surface area contributed by atoms with Crippen LogP contribution in [-0.4, -0.2) is 20.3 Å². The fourth-order valence-corrected chi connectivity index (χ4v) is 2.41. The average Bonchev–Trinajstić information content (AvgIpc) is 2.58. The smallest absolute Gasteiger partial charge is 0.161 e. The molecule has 0 unspecified atom stereocenters. The summed E-state index contributed by atoms with van der Waals surface area (Å²) in [7, 11) is 3.32. The van der Waals surface area contributed by atoms with Crippen molar-refractivity contribution in [2.75, 3.05) is 14.2 Å². The van der Waals surface area contributed by atoms with Crippen LogP contribution in [-0.2, 0) is 13.0 Å². The lowest BCUT2D eigenvalue weighted by Crippen LogP contribution is -2.25. The molecule has 2 aromatic carbocycles. The Morgan fingerprint density at radius 3 is 2.32 bits per heavy atom. The zero-order valence-electron chi connectivity index (χ0n) is 13.6. The number of aryl methyl sites for hydroxylation is 1. The Morgan fingerprint density at radius 2 is 1.64 bits per heavy atom. The number of nitrogens with one attached hydrogen (secondary N) is 1. The molecule has 1 N–H and O–H groups in total. The molecule has 0 bridgehead atoms. The van der Waals surface area contributed by atoms with Crippen molar-refractivity contribution in [1.82, 2.24) is 5.32 Å². The molecule has 0 aliphatic carbocycles. The molecule has 1 atom stereocenters. The van der Waals surface area contributed by atoms with Crippen LogP contribution in [0.4, 0.5) is 0 Å². The first-order valence-corrected chi connectivity index (χ1v) is 7.71. The van der Waals surface area contributed by atoms with Gasteiger partial charge in [0.1, 0.15) is 0 Å². The van der Waals surface area contributed by atoms with E-state index in [4.69, 9.17) is 9.47 Å². The third-order valence-electron chi connectivity index (χ3n) is 3.81. The third-order valence-corrected chi connectivity index (χ3v) is 3.81. The summed E-state index contributed by atoms with van der Waals surface area (Å²) in [6.45, 7) is 3.06. The van der Waals surface area contributed by atoms with Gasteiger partial charge in [0.05, 0.1) is 14.2 Å². The highest BCUT2D eigenvalue weighted by atomic mass is 16.5. The summed E-state index contributed by atoms with van der Waals surface area (Å²) in [6, 6.07) is 17.1. The molecule has 0 aromatic heterocycles. The van der Waals surface area contributed by atoms with Gasteiger partial charge in [0.15, 0.2) is 11.5 Å². The van der Waals surface area contributed by atoms with E-state index in [0.717, 1.165) is 30.9 Å². The van der Waals surface area contributed by atoms with Gasteiger partial charge >= 0.3 is 0 Å². The Hall–Kier alpha value is -2.00. The molecule has 2 rings (SSSR count). The van der Waals surface area contributed by atoms with E-state index in [9.17, 15) is 0 Å². The predicted molar refractivity (Wildman–Crippen MR) is 90.6 cm³/mol. The molecule has 2 aromatic rings. The highest BCUT2D eigenvalue weighted by Gasteiger charge is 2.06. The van der Waals surface area contributed by atoms with Gasteiger partial charge in [0.25, 0.3) is 0 Å². The summed E-state index contributed by atoms with van der Waals surface area (Å²) in [5, 5.41) is 3.56. The molecule has 3 nitrogen and oxygen atoms in total. The fourth-order valence-electron chi connectivity index (χ4n) is 2.41. The molecule has 0 saturated heterocycles. The summed E-state index contributed by atoms with van der Waals surface area (Å²) in [5.41, 5.74) is 2.59. The molecule has 0 heterocycles. The largest absolute Gasteiger partial charge is 0.493 e. The van der Waals surface area contributed by atoms with E-state index in [2.05, 4.69) is 48.6 Å². The van der Waals surface area contributed by atoms with E-state index < -0.39 is 0 Å². The fraction of sp³-hybridized carbons (Fsp3) is 0.368. The number of methoxy groups -OCH3 is 2. The van der Waals surface area contributed by atoms with E-state index in [1.54, 1.807) is 14.2 Å². The van der Waals surface area contributed by atoms with Crippen molar-refractivity contribution in [3.8, 4) is 11.5 Å². The van der Waals surface area contributed by atoms with Gasteiger partial charge in [-0.2, -0.15) is 0 Å². The van der Waals surface area contributed by atoms with Crippen molar-refractivity contribution in [3.63, 3.8) is 0 Å². The van der Waals surface area contributed by atoms with Crippen LogP contribution >= 0.6 is 0 Å². The van der Waals surface area contributed by atoms with Gasteiger partial charge < -0.3 is 14.8 Å². The molecule has 0 saturated carbocycles. The number of hydrogen-bond acceptors (Lipinski definition) is 3. The second kappa shape index (κ2) is 8.44. The number of ether oxygens (including phenoxy) is 2. The lowest BCUT2D eigenvalue weighted by molar-refractivity contribution is 0.354. The van der Waals surface area contributed by atoms with E-state index in [0.29, 0.717) is 6.04 Å². The molecule has 0 fully saturated rings. The van der Waals surface area contributed by atoms with Crippen molar-refractivity contribution in [3.05, 3.63) is 59.7 Å². The van der Waals surface area contributed by atoms with E-state index >= 15 is 0 Å². The van der Waals surface area contributed by atoms with Gasteiger partial charge in [0.2, 0.25) is 0 Å². The summed E-state index contributed by atoms with van der Waals surface area (Å²) in [6.07, 6.45) is 2.22. The van der Waals surface area contributed by atoms with Crippen LogP contribution < -0.4 is 14.8 Å². The first kappa shape index (κ1) is 16.4. The number of rotatable bonds is 8. The standard InChI is InChI=1S/C19H25NO2/c1-15(9-10-16-7-5-4-6-8-16)20-14-17-11-12-18(21-2)19(13-17)22-3/h4-8,11-13,15,20H,9-10,14H2,1-3H3/t15-/m0/s1. The van der Waals surface area contributed by atoms with E-state index in [1.807, 2.05) is 12.1 Å². The summed E-state index contributed by atoms with van der Waals surface area (Å²) in [5.74, 6) is 1.54. The average molecular weight is 299 g/mol. The monoisotopic (exact) mass is 299 g/mol. The quantitative estimate of drug-likeness (QED) is 0.804. The SMILES string of the molecule is COc1ccc(CN[C@@H](C)CCc2ccccc2)cc1OC. The van der Waals surface area contributed by atoms with Crippen LogP contribution in [0.15, 0.2) is 48.5 Å². The number of hydrogen-bond donors (Lipinski definition) is 1. The van der Waals surface area contributed by atoms with Gasteiger partial charge in [-0.15, -0.1) is 0 Å². The van der Waals surface area contributed by atoms with E-state index in [1.165, 1.54) is 11.1 Å². The van der Waals surface area contributed by atoms with Gasteiger partial charge in [0, 0.05) is 12.6 Å². The molecule has 0 aliphatic heterocycles. The first-order chi connectivity index (χ1) is 10.7. The second-order valence-electron chi connectivity index (χ2n) is 5.50. The van der Waals surface area contributed by atoms with Crippen molar-refractivity contribution in [2.45, 2.75) is 32.4 Å². The van der Waals surface area contributed by atoms with Crippen molar-refractivity contribution in [1.29, 1.82) is 0 Å². The summed E-state index contributed by atoms with van der Waals surface area (Å²) < 4.78 is 10.6. The van der Waals surface area contributed by atoms with Gasteiger partial charge in [-0.1, -0.05) is 36.4 Å². The molecule has 0 aliphatic rings. The van der Waals surface area contributed by atoms with Gasteiger partial charge in [-0.25, -0.2) is 0 Å². The third kappa shape index (κ3) is 4.78. The van der Waals surface area contributed by atoms with Crippen molar-refractivity contribution in [2.24, 2.45) is 0 Å². The minimum atomic E-state index is 0.466. The van der Waals surface area contributed by atoms with Crippen LogP contribution in [0.2, 0.25) is 0 Å². The Labute approximate surface area is 133 Å². The van der Waals surface area contributed by atoms with Crippen LogP contribution in [0.25, 0.3) is 0 Å². The molecular formula is C19H25NO2. The molecule has 118 valence electrons. The first-order valence-electron chi connectivity index (χ1n) is 7.71. The zero-order chi connectivity index (χ0) is 15.8. The number of benzene rings is 2. The molecule has 22 heavy (non-hydrogen) atoms. The van der Waals surface area contributed by atoms with Crippen molar-refractivity contribution >= 4 is 0 Å². The van der Waals surface area contributed by atoms with Gasteiger partial charge in [-0.3, -0.25) is 0 Å². The Balaban J connectivity index is 1.82. The maximum Gasteiger partial charge on any atom is 0.161 e. The van der Waals surface area contributed by atoms with Crippen LogP contribution in [0, 0.1) is 0 Å². The Morgan fingerprint density at radius 1 is 0.909 bits per heavy atom. The topological polar surface area (TPSA) is 30.5 Å². The second-order valence-corrected chi connectivity index (χ2v) is 5.50. The molecule has 0 amide bonds. The molecular weight excluding hydrogens is 274 g/mol. The minimum absolute atomic E-state index is 0.466.